The number of nitrogens with one attached hydrogen (secondary N) is 1. The van der Waals surface area contributed by atoms with Gasteiger partial charge in [0.15, 0.2) is 0 Å². The number of hydrogen-bond donors (Lipinski definition) is 1. The second-order valence-electron chi connectivity index (χ2n) is 5.70. The van der Waals surface area contributed by atoms with Gasteiger partial charge >= 0.3 is 0 Å². The molecule has 0 saturated heterocycles. The molecule has 0 bridgehead atoms. The zero-order chi connectivity index (χ0) is 14.2. The molecule has 20 heavy (non-hydrogen) atoms. The summed E-state index contributed by atoms with van der Waals surface area (Å²) >= 11 is 0. The van der Waals surface area contributed by atoms with E-state index in [1.165, 1.54) is 63.0 Å². The van der Waals surface area contributed by atoms with E-state index in [0.717, 1.165) is 11.8 Å². The number of H-pyrrole nitrogens is 1. The van der Waals surface area contributed by atoms with Gasteiger partial charge in [-0.1, -0.05) is 64.0 Å². The van der Waals surface area contributed by atoms with E-state index in [0.29, 0.717) is 5.52 Å². The number of aromatic nitrogens is 1. The van der Waals surface area contributed by atoms with Crippen molar-refractivity contribution in [3.63, 3.8) is 0 Å². The summed E-state index contributed by atoms with van der Waals surface area (Å²) in [7, 11) is 0. The molecule has 1 aromatic carbocycles. The number of hydrogen-bond acceptors (Lipinski definition) is 0. The Kier molecular flexibility index (Phi) is 6.10. The number of para-hydroxylation sites is 1. The Morgan fingerprint density at radius 2 is 1.65 bits per heavy atom. The number of aromatic amines is 1. The maximum Gasteiger partial charge on any atom is 0.147 e. The molecule has 0 aliphatic rings. The summed E-state index contributed by atoms with van der Waals surface area (Å²) in [4.78, 5) is 3.06. The summed E-state index contributed by atoms with van der Waals surface area (Å²) in [6, 6.07) is 5.32. The molecular weight excluding hydrogens is 249 g/mol. The zero-order valence-electron chi connectivity index (χ0n) is 12.6. The van der Waals surface area contributed by atoms with Gasteiger partial charge in [0.1, 0.15) is 5.82 Å². The van der Waals surface area contributed by atoms with Crippen LogP contribution in [0.15, 0.2) is 24.4 Å². The lowest BCUT2D eigenvalue weighted by molar-refractivity contribution is 0.576. The number of halogens is 1. The largest absolute Gasteiger partial charge is 0.359 e. The first-order valence-electron chi connectivity index (χ1n) is 8.07. The van der Waals surface area contributed by atoms with Gasteiger partial charge in [-0.3, -0.25) is 0 Å². The molecule has 0 fully saturated rings. The van der Waals surface area contributed by atoms with Crippen molar-refractivity contribution in [2.24, 2.45) is 0 Å². The van der Waals surface area contributed by atoms with Crippen LogP contribution in [0.5, 0.6) is 0 Å². The monoisotopic (exact) mass is 275 g/mol. The zero-order valence-corrected chi connectivity index (χ0v) is 12.6. The van der Waals surface area contributed by atoms with Crippen molar-refractivity contribution in [2.75, 3.05) is 0 Å². The van der Waals surface area contributed by atoms with Crippen LogP contribution in [0.4, 0.5) is 4.39 Å². The molecular formula is C18H26FN. The summed E-state index contributed by atoms with van der Waals surface area (Å²) in [5.41, 5.74) is 1.91. The van der Waals surface area contributed by atoms with Crippen molar-refractivity contribution in [1.29, 1.82) is 0 Å². The Morgan fingerprint density at radius 3 is 2.40 bits per heavy atom. The minimum absolute atomic E-state index is 0.148. The summed E-state index contributed by atoms with van der Waals surface area (Å²) in [5, 5.41) is 1.05. The standard InChI is InChI=1S/C18H26FN/c1-2-3-4-5-6-7-8-9-11-15-14-20-18-16(15)12-10-13-17(18)19/h10,12-14,20H,2-9,11H2,1H3. The number of aryl methyl sites for hydroxylation is 1. The highest BCUT2D eigenvalue weighted by molar-refractivity contribution is 5.83. The van der Waals surface area contributed by atoms with Gasteiger partial charge in [-0.15, -0.1) is 0 Å². The van der Waals surface area contributed by atoms with Crippen LogP contribution in [-0.4, -0.2) is 4.98 Å². The van der Waals surface area contributed by atoms with Gasteiger partial charge in [0.25, 0.3) is 0 Å². The maximum atomic E-state index is 13.6. The summed E-state index contributed by atoms with van der Waals surface area (Å²) in [6.07, 6.45) is 13.7. The van der Waals surface area contributed by atoms with Gasteiger partial charge in [-0.25, -0.2) is 4.39 Å². The number of rotatable bonds is 9. The Labute approximate surface area is 121 Å². The van der Waals surface area contributed by atoms with Crippen LogP contribution in [0.25, 0.3) is 10.9 Å². The highest BCUT2D eigenvalue weighted by Gasteiger charge is 2.06. The number of fused-ring (bicyclic) bond motifs is 1. The lowest BCUT2D eigenvalue weighted by atomic mass is 10.0. The highest BCUT2D eigenvalue weighted by Crippen LogP contribution is 2.22. The molecule has 110 valence electrons. The van der Waals surface area contributed by atoms with Gasteiger partial charge in [0, 0.05) is 11.6 Å². The lowest BCUT2D eigenvalue weighted by Gasteiger charge is -2.02. The maximum absolute atomic E-state index is 13.6. The van der Waals surface area contributed by atoms with Gasteiger partial charge in [0.05, 0.1) is 5.52 Å². The average Bonchev–Trinajstić information content (AvgIpc) is 2.87. The minimum atomic E-state index is -0.148. The molecule has 2 rings (SSSR count). The average molecular weight is 275 g/mol. The molecule has 0 atom stereocenters. The second-order valence-corrected chi connectivity index (χ2v) is 5.70. The van der Waals surface area contributed by atoms with E-state index in [1.807, 2.05) is 12.3 Å². The second kappa shape index (κ2) is 8.08. The molecule has 1 N–H and O–H groups in total. The van der Waals surface area contributed by atoms with Crippen LogP contribution in [0.2, 0.25) is 0 Å². The first-order chi connectivity index (χ1) is 9.83. The van der Waals surface area contributed by atoms with Gasteiger partial charge in [0.2, 0.25) is 0 Å². The third-order valence-electron chi connectivity index (χ3n) is 4.05. The van der Waals surface area contributed by atoms with E-state index >= 15 is 0 Å². The molecule has 1 aromatic heterocycles. The first kappa shape index (κ1) is 15.1. The predicted molar refractivity (Wildman–Crippen MR) is 84.6 cm³/mol. The van der Waals surface area contributed by atoms with E-state index < -0.39 is 0 Å². The van der Waals surface area contributed by atoms with Crippen molar-refractivity contribution in [3.05, 3.63) is 35.8 Å². The van der Waals surface area contributed by atoms with Crippen LogP contribution in [0.3, 0.4) is 0 Å². The molecule has 0 unspecified atom stereocenters. The SMILES string of the molecule is CCCCCCCCCCc1c[nH]c2c(F)cccc12. The lowest BCUT2D eigenvalue weighted by Crippen LogP contribution is -1.85. The Morgan fingerprint density at radius 1 is 0.950 bits per heavy atom. The van der Waals surface area contributed by atoms with Crippen LogP contribution >= 0.6 is 0 Å². The number of unbranched alkanes of at least 4 members (excludes halogenated alkanes) is 7. The Hall–Kier alpha value is -1.31. The van der Waals surface area contributed by atoms with E-state index in [9.17, 15) is 4.39 Å². The smallest absolute Gasteiger partial charge is 0.147 e. The van der Waals surface area contributed by atoms with Crippen molar-refractivity contribution in [1.82, 2.24) is 4.98 Å². The van der Waals surface area contributed by atoms with E-state index in [2.05, 4.69) is 11.9 Å². The highest BCUT2D eigenvalue weighted by atomic mass is 19.1. The molecule has 1 nitrogen and oxygen atoms in total. The molecule has 2 aromatic rings. The molecule has 0 spiro atoms. The Bertz CT molecular complexity index is 515. The van der Waals surface area contributed by atoms with Gasteiger partial charge < -0.3 is 4.98 Å². The summed E-state index contributed by atoms with van der Waals surface area (Å²) in [5.74, 6) is -0.148. The van der Waals surface area contributed by atoms with Crippen LogP contribution < -0.4 is 0 Å². The molecule has 0 amide bonds. The fourth-order valence-electron chi connectivity index (χ4n) is 2.83. The van der Waals surface area contributed by atoms with E-state index in [-0.39, 0.29) is 5.82 Å². The van der Waals surface area contributed by atoms with E-state index in [1.54, 1.807) is 6.07 Å². The summed E-state index contributed by atoms with van der Waals surface area (Å²) < 4.78 is 13.6. The molecule has 0 radical (unpaired) electrons. The topological polar surface area (TPSA) is 15.8 Å². The van der Waals surface area contributed by atoms with Crippen LogP contribution in [0, 0.1) is 5.82 Å². The van der Waals surface area contributed by atoms with Gasteiger partial charge in [-0.2, -0.15) is 0 Å². The van der Waals surface area contributed by atoms with Crippen molar-refractivity contribution >= 4 is 10.9 Å². The molecule has 0 aliphatic heterocycles. The third-order valence-corrected chi connectivity index (χ3v) is 4.05. The predicted octanol–water partition coefficient (Wildman–Crippen LogP) is 5.99. The summed E-state index contributed by atoms with van der Waals surface area (Å²) in [6.45, 7) is 2.25. The molecule has 2 heteroatoms. The molecule has 1 heterocycles. The third kappa shape index (κ3) is 4.09. The van der Waals surface area contributed by atoms with Crippen molar-refractivity contribution < 1.29 is 4.39 Å². The molecule has 0 saturated carbocycles. The molecule has 0 aliphatic carbocycles. The first-order valence-corrected chi connectivity index (χ1v) is 8.07. The quantitative estimate of drug-likeness (QED) is 0.541. The van der Waals surface area contributed by atoms with Crippen LogP contribution in [0.1, 0.15) is 63.9 Å². The van der Waals surface area contributed by atoms with Gasteiger partial charge in [-0.05, 0) is 24.5 Å². The van der Waals surface area contributed by atoms with Crippen molar-refractivity contribution in [3.8, 4) is 0 Å². The fraction of sp³-hybridized carbons (Fsp3) is 0.556. The normalized spacial score (nSPS) is 11.3. The van der Waals surface area contributed by atoms with E-state index in [4.69, 9.17) is 0 Å². The number of benzene rings is 1. The Balaban J connectivity index is 1.70. The fourth-order valence-corrected chi connectivity index (χ4v) is 2.83. The van der Waals surface area contributed by atoms with Crippen LogP contribution in [-0.2, 0) is 6.42 Å². The minimum Gasteiger partial charge on any atom is -0.359 e. The van der Waals surface area contributed by atoms with Crippen molar-refractivity contribution in [2.45, 2.75) is 64.7 Å².